The molecule has 3 heteroatoms. The first-order chi connectivity index (χ1) is 7.04. The van der Waals surface area contributed by atoms with E-state index in [2.05, 4.69) is 13.8 Å². The Morgan fingerprint density at radius 2 is 2.07 bits per heavy atom. The lowest BCUT2D eigenvalue weighted by Crippen LogP contribution is -1.99. The summed E-state index contributed by atoms with van der Waals surface area (Å²) in [6.45, 7) is 5.90. The number of rotatable bonds is 4. The molecule has 1 aromatic rings. The molecule has 0 saturated heterocycles. The highest BCUT2D eigenvalue weighted by Gasteiger charge is 2.11. The van der Waals surface area contributed by atoms with Crippen LogP contribution in [0.25, 0.3) is 0 Å². The maximum Gasteiger partial charge on any atom is 0.123 e. The van der Waals surface area contributed by atoms with Gasteiger partial charge in [0.1, 0.15) is 5.82 Å². The van der Waals surface area contributed by atoms with Gasteiger partial charge in [0.15, 0.2) is 0 Å². The summed E-state index contributed by atoms with van der Waals surface area (Å²) in [7, 11) is 0. The van der Waals surface area contributed by atoms with Gasteiger partial charge in [-0.15, -0.1) is 11.8 Å². The van der Waals surface area contributed by atoms with Gasteiger partial charge in [-0.05, 0) is 37.1 Å². The molecule has 0 aromatic heterocycles. The first kappa shape index (κ1) is 12.5. The largest absolute Gasteiger partial charge is 0.389 e. The summed E-state index contributed by atoms with van der Waals surface area (Å²) in [5.74, 6) is -0.292. The van der Waals surface area contributed by atoms with E-state index >= 15 is 0 Å². The van der Waals surface area contributed by atoms with Crippen LogP contribution in [0.1, 0.15) is 38.9 Å². The summed E-state index contributed by atoms with van der Waals surface area (Å²) in [5, 5.41) is 10.0. The number of aliphatic hydroxyl groups excluding tert-OH is 1. The van der Waals surface area contributed by atoms with Crippen LogP contribution in [0.2, 0.25) is 0 Å². The number of hydrogen-bond acceptors (Lipinski definition) is 2. The van der Waals surface area contributed by atoms with Crippen molar-refractivity contribution in [3.63, 3.8) is 0 Å². The van der Waals surface area contributed by atoms with Crippen LogP contribution in [-0.2, 0) is 0 Å². The normalized spacial score (nSPS) is 15.0. The highest BCUT2D eigenvalue weighted by molar-refractivity contribution is 8.00. The summed E-state index contributed by atoms with van der Waals surface area (Å²) in [5.41, 5.74) is 0.681. The van der Waals surface area contributed by atoms with Crippen LogP contribution < -0.4 is 0 Å². The van der Waals surface area contributed by atoms with Gasteiger partial charge < -0.3 is 5.11 Å². The number of halogens is 1. The summed E-state index contributed by atoms with van der Waals surface area (Å²) in [4.78, 5) is 0.973. The molecular formula is C12H17FOS. The van der Waals surface area contributed by atoms with Gasteiger partial charge in [-0.3, -0.25) is 0 Å². The van der Waals surface area contributed by atoms with E-state index in [0.717, 1.165) is 11.3 Å². The van der Waals surface area contributed by atoms with Crippen molar-refractivity contribution in [3.8, 4) is 0 Å². The zero-order valence-corrected chi connectivity index (χ0v) is 10.1. The van der Waals surface area contributed by atoms with Crippen molar-refractivity contribution in [3.05, 3.63) is 29.6 Å². The molecule has 0 fully saturated rings. The molecule has 15 heavy (non-hydrogen) atoms. The Kier molecular flexibility index (Phi) is 4.61. The third-order valence-corrected chi connectivity index (χ3v) is 3.69. The van der Waals surface area contributed by atoms with Crippen LogP contribution in [0, 0.1) is 5.82 Å². The highest BCUT2D eigenvalue weighted by atomic mass is 32.2. The molecule has 0 amide bonds. The molecule has 0 spiro atoms. The Bertz CT molecular complexity index is 325. The topological polar surface area (TPSA) is 20.2 Å². The van der Waals surface area contributed by atoms with Crippen molar-refractivity contribution in [2.24, 2.45) is 0 Å². The Hall–Kier alpha value is -0.540. The molecule has 2 unspecified atom stereocenters. The van der Waals surface area contributed by atoms with E-state index < -0.39 is 6.10 Å². The van der Waals surface area contributed by atoms with Crippen LogP contribution in [0.5, 0.6) is 0 Å². The molecular weight excluding hydrogens is 211 g/mol. The van der Waals surface area contributed by atoms with Crippen molar-refractivity contribution in [2.45, 2.75) is 43.4 Å². The molecule has 0 heterocycles. The first-order valence-corrected chi connectivity index (χ1v) is 6.06. The average Bonchev–Trinajstić information content (AvgIpc) is 2.20. The predicted molar refractivity (Wildman–Crippen MR) is 62.6 cm³/mol. The summed E-state index contributed by atoms with van der Waals surface area (Å²) in [6, 6.07) is 4.60. The minimum Gasteiger partial charge on any atom is -0.389 e. The fraction of sp³-hybridized carbons (Fsp3) is 0.500. The van der Waals surface area contributed by atoms with Crippen molar-refractivity contribution in [1.82, 2.24) is 0 Å². The van der Waals surface area contributed by atoms with Gasteiger partial charge >= 0.3 is 0 Å². The third-order valence-electron chi connectivity index (χ3n) is 2.32. The second-order valence-corrected chi connectivity index (χ2v) is 5.18. The van der Waals surface area contributed by atoms with E-state index in [-0.39, 0.29) is 5.82 Å². The van der Waals surface area contributed by atoms with Crippen LogP contribution in [0.15, 0.2) is 23.1 Å². The van der Waals surface area contributed by atoms with Gasteiger partial charge in [0.25, 0.3) is 0 Å². The average molecular weight is 228 g/mol. The second kappa shape index (κ2) is 5.52. The van der Waals surface area contributed by atoms with Gasteiger partial charge in [-0.25, -0.2) is 4.39 Å². The van der Waals surface area contributed by atoms with Gasteiger partial charge in [0.05, 0.1) is 6.10 Å². The SMILES string of the molecule is CCC(C)Sc1ccc(F)cc1C(C)O. The molecule has 1 aromatic carbocycles. The van der Waals surface area contributed by atoms with Crippen LogP contribution in [0.3, 0.4) is 0 Å². The molecule has 0 aliphatic rings. The van der Waals surface area contributed by atoms with Gasteiger partial charge in [0.2, 0.25) is 0 Å². The molecule has 1 nitrogen and oxygen atoms in total. The number of aliphatic hydroxyl groups is 1. The summed E-state index contributed by atoms with van der Waals surface area (Å²) in [6.07, 6.45) is 0.439. The number of benzene rings is 1. The lowest BCUT2D eigenvalue weighted by Gasteiger charge is -2.14. The predicted octanol–water partition coefficient (Wildman–Crippen LogP) is 3.77. The molecule has 0 aliphatic heterocycles. The maximum absolute atomic E-state index is 13.0. The fourth-order valence-corrected chi connectivity index (χ4v) is 2.37. The summed E-state index contributed by atoms with van der Waals surface area (Å²) >= 11 is 1.68. The fourth-order valence-electron chi connectivity index (χ4n) is 1.25. The molecule has 0 saturated carbocycles. The quantitative estimate of drug-likeness (QED) is 0.792. The van der Waals surface area contributed by atoms with E-state index in [4.69, 9.17) is 0 Å². The number of hydrogen-bond donors (Lipinski definition) is 1. The smallest absolute Gasteiger partial charge is 0.123 e. The molecule has 0 radical (unpaired) electrons. The lowest BCUT2D eigenvalue weighted by atomic mass is 10.1. The van der Waals surface area contributed by atoms with Crippen LogP contribution in [-0.4, -0.2) is 10.4 Å². The van der Waals surface area contributed by atoms with Gasteiger partial charge in [-0.2, -0.15) is 0 Å². The van der Waals surface area contributed by atoms with E-state index in [1.54, 1.807) is 24.8 Å². The van der Waals surface area contributed by atoms with Gasteiger partial charge in [0, 0.05) is 10.1 Å². The molecule has 2 atom stereocenters. The zero-order valence-electron chi connectivity index (χ0n) is 9.33. The minimum atomic E-state index is -0.618. The highest BCUT2D eigenvalue weighted by Crippen LogP contribution is 2.32. The molecule has 0 aliphatic carbocycles. The molecule has 0 bridgehead atoms. The Balaban J connectivity index is 2.95. The van der Waals surface area contributed by atoms with E-state index in [9.17, 15) is 9.50 Å². The Labute approximate surface area is 94.7 Å². The van der Waals surface area contributed by atoms with E-state index in [1.165, 1.54) is 12.1 Å². The molecule has 1 rings (SSSR count). The molecule has 1 N–H and O–H groups in total. The first-order valence-electron chi connectivity index (χ1n) is 5.18. The number of thioether (sulfide) groups is 1. The van der Waals surface area contributed by atoms with Crippen LogP contribution >= 0.6 is 11.8 Å². The van der Waals surface area contributed by atoms with Crippen molar-refractivity contribution >= 4 is 11.8 Å². The van der Waals surface area contributed by atoms with E-state index in [0.29, 0.717) is 10.8 Å². The van der Waals surface area contributed by atoms with Gasteiger partial charge in [-0.1, -0.05) is 13.8 Å². The Morgan fingerprint density at radius 1 is 1.40 bits per heavy atom. The maximum atomic E-state index is 13.0. The van der Waals surface area contributed by atoms with Crippen molar-refractivity contribution in [1.29, 1.82) is 0 Å². The third kappa shape index (κ3) is 3.50. The van der Waals surface area contributed by atoms with Crippen molar-refractivity contribution in [2.75, 3.05) is 0 Å². The zero-order chi connectivity index (χ0) is 11.4. The second-order valence-electron chi connectivity index (χ2n) is 3.69. The lowest BCUT2D eigenvalue weighted by molar-refractivity contribution is 0.196. The van der Waals surface area contributed by atoms with E-state index in [1.807, 2.05) is 0 Å². The summed E-state index contributed by atoms with van der Waals surface area (Å²) < 4.78 is 13.0. The minimum absolute atomic E-state index is 0.292. The standard InChI is InChI=1S/C12H17FOS/c1-4-8(2)15-12-6-5-10(13)7-11(12)9(3)14/h5-9,14H,4H2,1-3H3. The van der Waals surface area contributed by atoms with Crippen molar-refractivity contribution < 1.29 is 9.50 Å². The Morgan fingerprint density at radius 3 is 2.60 bits per heavy atom. The monoisotopic (exact) mass is 228 g/mol. The molecule has 84 valence electrons. The van der Waals surface area contributed by atoms with Crippen LogP contribution in [0.4, 0.5) is 4.39 Å².